The van der Waals surface area contributed by atoms with Gasteiger partial charge in [-0.3, -0.25) is 4.79 Å². The van der Waals surface area contributed by atoms with Gasteiger partial charge in [-0.15, -0.1) is 11.3 Å². The van der Waals surface area contributed by atoms with Crippen LogP contribution in [0.25, 0.3) is 0 Å². The van der Waals surface area contributed by atoms with Crippen LogP contribution in [0, 0.1) is 0 Å². The Morgan fingerprint density at radius 3 is 2.70 bits per heavy atom. The molecule has 2 rings (SSSR count). The van der Waals surface area contributed by atoms with Gasteiger partial charge < -0.3 is 16.0 Å². The molecule has 3 N–H and O–H groups in total. The summed E-state index contributed by atoms with van der Waals surface area (Å²) in [5, 5.41) is 5.41. The first-order valence-electron chi connectivity index (χ1n) is 6.40. The van der Waals surface area contributed by atoms with Crippen molar-refractivity contribution < 1.29 is 4.79 Å². The summed E-state index contributed by atoms with van der Waals surface area (Å²) < 4.78 is 0. The van der Waals surface area contributed by atoms with Crippen LogP contribution < -0.4 is 11.1 Å². The van der Waals surface area contributed by atoms with E-state index in [2.05, 4.69) is 18.3 Å². The predicted molar refractivity (Wildman–Crippen MR) is 85.2 cm³/mol. The Morgan fingerprint density at radius 2 is 2.10 bits per heavy atom. The molecule has 0 fully saturated rings. The highest BCUT2D eigenvalue weighted by Gasteiger charge is 2.16. The van der Waals surface area contributed by atoms with Crippen molar-refractivity contribution in [2.75, 3.05) is 25.1 Å². The number of thiophene rings is 1. The molecule has 5 heteroatoms. The van der Waals surface area contributed by atoms with Gasteiger partial charge in [0.25, 0.3) is 5.91 Å². The number of nitrogen functional groups attached to an aromatic ring is 1. The van der Waals surface area contributed by atoms with Gasteiger partial charge in [-0.1, -0.05) is 6.07 Å². The first-order chi connectivity index (χ1) is 9.49. The number of nitrogens with one attached hydrogen (secondary N) is 1. The topological polar surface area (TPSA) is 58.4 Å². The number of hydrogen-bond acceptors (Lipinski definition) is 4. The summed E-state index contributed by atoms with van der Waals surface area (Å²) in [5.41, 5.74) is 7.88. The van der Waals surface area contributed by atoms with E-state index in [1.807, 2.05) is 11.4 Å². The highest BCUT2D eigenvalue weighted by Crippen LogP contribution is 2.27. The second-order valence-corrected chi connectivity index (χ2v) is 5.87. The zero-order chi connectivity index (χ0) is 14.7. The third kappa shape index (κ3) is 3.11. The summed E-state index contributed by atoms with van der Waals surface area (Å²) >= 11 is 1.69. The third-order valence-corrected chi connectivity index (χ3v) is 4.08. The van der Waals surface area contributed by atoms with Crippen LogP contribution in [-0.2, 0) is 0 Å². The van der Waals surface area contributed by atoms with Crippen molar-refractivity contribution in [1.82, 2.24) is 4.90 Å². The molecule has 0 spiro atoms. The minimum Gasteiger partial charge on any atom is -0.399 e. The summed E-state index contributed by atoms with van der Waals surface area (Å²) in [7, 11) is 3.48. The van der Waals surface area contributed by atoms with Crippen LogP contribution in [0.1, 0.15) is 28.2 Å². The largest absolute Gasteiger partial charge is 0.399 e. The summed E-state index contributed by atoms with van der Waals surface area (Å²) in [4.78, 5) is 15.0. The smallest absolute Gasteiger partial charge is 0.255 e. The van der Waals surface area contributed by atoms with Crippen LogP contribution in [0.2, 0.25) is 0 Å². The molecule has 0 saturated carbocycles. The molecule has 1 heterocycles. The molecule has 0 aliphatic carbocycles. The van der Waals surface area contributed by atoms with Gasteiger partial charge in [0.1, 0.15) is 0 Å². The standard InChI is InChI=1S/C15H19N3OS/c1-10(14-5-4-8-20-14)17-13-9-11(16)6-7-12(13)15(19)18(2)3/h4-10,17H,16H2,1-3H3. The first-order valence-corrected chi connectivity index (χ1v) is 7.28. The van der Waals surface area contributed by atoms with E-state index in [1.54, 1.807) is 48.5 Å². The quantitative estimate of drug-likeness (QED) is 0.850. The van der Waals surface area contributed by atoms with Crippen molar-refractivity contribution >= 4 is 28.6 Å². The van der Waals surface area contributed by atoms with Crippen molar-refractivity contribution in [2.24, 2.45) is 0 Å². The third-order valence-electron chi connectivity index (χ3n) is 3.02. The highest BCUT2D eigenvalue weighted by molar-refractivity contribution is 7.10. The van der Waals surface area contributed by atoms with Crippen LogP contribution in [0.15, 0.2) is 35.7 Å². The van der Waals surface area contributed by atoms with Crippen LogP contribution in [0.5, 0.6) is 0 Å². The molecule has 0 saturated heterocycles. The second-order valence-electron chi connectivity index (χ2n) is 4.89. The zero-order valence-corrected chi connectivity index (χ0v) is 12.7. The van der Waals surface area contributed by atoms with Crippen LogP contribution in [0.4, 0.5) is 11.4 Å². The number of rotatable bonds is 4. The van der Waals surface area contributed by atoms with Crippen molar-refractivity contribution in [3.05, 3.63) is 46.2 Å². The Hall–Kier alpha value is -2.01. The van der Waals surface area contributed by atoms with E-state index in [-0.39, 0.29) is 11.9 Å². The maximum atomic E-state index is 12.2. The van der Waals surface area contributed by atoms with Gasteiger partial charge in [0.2, 0.25) is 0 Å². The molecule has 20 heavy (non-hydrogen) atoms. The van der Waals surface area contributed by atoms with E-state index in [1.165, 1.54) is 4.88 Å². The fourth-order valence-corrected chi connectivity index (χ4v) is 2.69. The lowest BCUT2D eigenvalue weighted by Crippen LogP contribution is -2.23. The molecule has 0 aliphatic rings. The Bertz CT molecular complexity index is 593. The summed E-state index contributed by atoms with van der Waals surface area (Å²) in [6.45, 7) is 2.07. The molecular formula is C15H19N3OS. The molecule has 0 bridgehead atoms. The molecule has 1 unspecified atom stereocenters. The highest BCUT2D eigenvalue weighted by atomic mass is 32.1. The van der Waals surface area contributed by atoms with Gasteiger partial charge in [0.05, 0.1) is 11.6 Å². The average molecular weight is 289 g/mol. The molecule has 106 valence electrons. The molecule has 1 amide bonds. The van der Waals surface area contributed by atoms with Gasteiger partial charge in [-0.2, -0.15) is 0 Å². The maximum absolute atomic E-state index is 12.2. The molecule has 2 aromatic rings. The van der Waals surface area contributed by atoms with Crippen molar-refractivity contribution in [3.63, 3.8) is 0 Å². The van der Waals surface area contributed by atoms with Crippen LogP contribution in [0.3, 0.4) is 0 Å². The number of benzene rings is 1. The molecule has 1 aromatic heterocycles. The molecule has 0 radical (unpaired) electrons. The second kappa shape index (κ2) is 5.96. The number of nitrogens with zero attached hydrogens (tertiary/aromatic N) is 1. The summed E-state index contributed by atoms with van der Waals surface area (Å²) in [6.07, 6.45) is 0. The van der Waals surface area contributed by atoms with Crippen molar-refractivity contribution in [2.45, 2.75) is 13.0 Å². The van der Waals surface area contributed by atoms with Crippen LogP contribution in [-0.4, -0.2) is 24.9 Å². The van der Waals surface area contributed by atoms with E-state index < -0.39 is 0 Å². The maximum Gasteiger partial charge on any atom is 0.255 e. The average Bonchev–Trinajstić information content (AvgIpc) is 2.92. The zero-order valence-electron chi connectivity index (χ0n) is 11.9. The number of carbonyl (C=O) groups excluding carboxylic acids is 1. The van der Waals surface area contributed by atoms with Crippen LogP contribution >= 0.6 is 11.3 Å². The summed E-state index contributed by atoms with van der Waals surface area (Å²) in [5.74, 6) is -0.0362. The van der Waals surface area contributed by atoms with Gasteiger partial charge in [0, 0.05) is 30.3 Å². The molecule has 1 aromatic carbocycles. The first kappa shape index (κ1) is 14.4. The number of carbonyl (C=O) groups is 1. The van der Waals surface area contributed by atoms with Gasteiger partial charge in [0.15, 0.2) is 0 Å². The molecule has 0 aliphatic heterocycles. The number of anilines is 2. The SMILES string of the molecule is CC(Nc1cc(N)ccc1C(=O)N(C)C)c1cccs1. The Balaban J connectivity index is 2.30. The van der Waals surface area contributed by atoms with Crippen molar-refractivity contribution in [3.8, 4) is 0 Å². The Morgan fingerprint density at radius 1 is 1.35 bits per heavy atom. The lowest BCUT2D eigenvalue weighted by molar-refractivity contribution is 0.0828. The minimum absolute atomic E-state index is 0.0362. The Kier molecular flexibility index (Phi) is 4.29. The van der Waals surface area contributed by atoms with E-state index in [0.717, 1.165) is 5.69 Å². The van der Waals surface area contributed by atoms with E-state index >= 15 is 0 Å². The minimum atomic E-state index is -0.0362. The fourth-order valence-electron chi connectivity index (χ4n) is 1.95. The molecular weight excluding hydrogens is 270 g/mol. The van der Waals surface area contributed by atoms with Gasteiger partial charge >= 0.3 is 0 Å². The lowest BCUT2D eigenvalue weighted by Gasteiger charge is -2.19. The van der Waals surface area contributed by atoms with Gasteiger partial charge in [-0.05, 0) is 36.6 Å². The van der Waals surface area contributed by atoms with E-state index in [0.29, 0.717) is 11.3 Å². The molecule has 1 atom stereocenters. The van der Waals surface area contributed by atoms with E-state index in [4.69, 9.17) is 5.73 Å². The number of nitrogens with two attached hydrogens (primary N) is 1. The summed E-state index contributed by atoms with van der Waals surface area (Å²) in [6, 6.07) is 9.54. The lowest BCUT2D eigenvalue weighted by atomic mass is 10.1. The number of hydrogen-bond donors (Lipinski definition) is 2. The van der Waals surface area contributed by atoms with Gasteiger partial charge in [-0.25, -0.2) is 0 Å². The number of amides is 1. The predicted octanol–water partition coefficient (Wildman–Crippen LogP) is 3.21. The van der Waals surface area contributed by atoms with E-state index in [9.17, 15) is 4.79 Å². The van der Waals surface area contributed by atoms with Crippen molar-refractivity contribution in [1.29, 1.82) is 0 Å². The monoisotopic (exact) mass is 289 g/mol. The Labute approximate surface area is 123 Å². The fraction of sp³-hybridized carbons (Fsp3) is 0.267. The normalized spacial score (nSPS) is 11.9. The molecule has 4 nitrogen and oxygen atoms in total.